The first-order valence-electron chi connectivity index (χ1n) is 24.8. The van der Waals surface area contributed by atoms with Gasteiger partial charge in [0, 0.05) is 87.7 Å². The van der Waals surface area contributed by atoms with Crippen LogP contribution in [0.15, 0.2) is 102 Å². The number of nitrogens with zero attached hydrogens (tertiary/aromatic N) is 7. The number of benzene rings is 3. The van der Waals surface area contributed by atoms with Crippen molar-refractivity contribution in [2.75, 3.05) is 78.6 Å². The molecular formula is C51H65Cl3N12O11S. The lowest BCUT2D eigenvalue weighted by atomic mass is 10.1. The van der Waals surface area contributed by atoms with Gasteiger partial charge in [-0.3, -0.25) is 25.2 Å². The molecule has 27 heteroatoms. The molecule has 4 fully saturated rings. The Hall–Kier alpha value is -6.16. The predicted molar refractivity (Wildman–Crippen MR) is 298 cm³/mol. The van der Waals surface area contributed by atoms with E-state index >= 15 is 0 Å². The summed E-state index contributed by atoms with van der Waals surface area (Å²) in [5.74, 6) is 4.88. The molecule has 0 radical (unpaired) electrons. The zero-order valence-corrected chi connectivity index (χ0v) is 45.8. The average Bonchev–Trinajstić information content (AvgIpc) is 3.49. The van der Waals surface area contributed by atoms with Crippen molar-refractivity contribution in [2.24, 2.45) is 16.8 Å². The number of ketones is 1. The molecule has 8 heterocycles. The molecule has 422 valence electrons. The Morgan fingerprint density at radius 1 is 0.654 bits per heavy atom. The van der Waals surface area contributed by atoms with Crippen molar-refractivity contribution in [1.29, 1.82) is 0 Å². The molecule has 23 nitrogen and oxygen atoms in total. The van der Waals surface area contributed by atoms with Crippen molar-refractivity contribution in [3.05, 3.63) is 118 Å². The van der Waals surface area contributed by atoms with Gasteiger partial charge in [-0.2, -0.15) is 4.98 Å². The second-order valence-electron chi connectivity index (χ2n) is 17.7. The molecule has 78 heavy (non-hydrogen) atoms. The quantitative estimate of drug-likeness (QED) is 0.0464. The number of nitrogens with one attached hydrogen (secondary N) is 3. The van der Waals surface area contributed by atoms with E-state index < -0.39 is 15.9 Å². The van der Waals surface area contributed by atoms with Gasteiger partial charge >= 0.3 is 12.1 Å². The van der Waals surface area contributed by atoms with Gasteiger partial charge in [0.1, 0.15) is 17.4 Å². The highest BCUT2D eigenvalue weighted by Crippen LogP contribution is 2.33. The zero-order valence-electron chi connectivity index (χ0n) is 42.7. The summed E-state index contributed by atoms with van der Waals surface area (Å²) >= 11 is 12.4. The van der Waals surface area contributed by atoms with Gasteiger partial charge < -0.3 is 40.4 Å². The summed E-state index contributed by atoms with van der Waals surface area (Å²) in [4.78, 5) is 55.4. The normalized spacial score (nSPS) is 17.1. The molecule has 4 saturated heterocycles. The van der Waals surface area contributed by atoms with Crippen LogP contribution >= 0.6 is 35.6 Å². The van der Waals surface area contributed by atoms with E-state index in [0.29, 0.717) is 108 Å². The van der Waals surface area contributed by atoms with Crippen molar-refractivity contribution in [3.63, 3.8) is 0 Å². The number of rotatable bonds is 7. The Bertz CT molecular complexity index is 2840. The number of halogens is 3. The summed E-state index contributed by atoms with van der Waals surface area (Å²) in [6.45, 7) is 6.46. The van der Waals surface area contributed by atoms with Crippen LogP contribution in [0.3, 0.4) is 0 Å². The summed E-state index contributed by atoms with van der Waals surface area (Å²) in [6.07, 6.45) is 9.92. The summed E-state index contributed by atoms with van der Waals surface area (Å²) in [5.41, 5.74) is 9.70. The fourth-order valence-corrected chi connectivity index (χ4v) is 9.60. The zero-order chi connectivity index (χ0) is 55.0. The third-order valence-corrected chi connectivity index (χ3v) is 14.3. The number of fused-ring (bicyclic) bond motifs is 2. The number of ether oxygens (including phenoxy) is 4. The van der Waals surface area contributed by atoms with Gasteiger partial charge in [0.15, 0.2) is 0 Å². The lowest BCUT2D eigenvalue weighted by Gasteiger charge is -2.29. The maximum absolute atomic E-state index is 12.6. The number of sulfone groups is 1. The van der Waals surface area contributed by atoms with Gasteiger partial charge in [0.05, 0.1) is 72.4 Å². The van der Waals surface area contributed by atoms with Crippen LogP contribution in [-0.2, 0) is 52.4 Å². The molecule has 0 aliphatic carbocycles. The number of aromatic nitrogens is 4. The van der Waals surface area contributed by atoms with E-state index in [1.807, 2.05) is 24.3 Å². The second-order valence-corrected chi connectivity index (χ2v) is 20.4. The Balaban J connectivity index is 0.000000201. The molecule has 4 amide bonds. The van der Waals surface area contributed by atoms with Crippen LogP contribution in [0, 0.1) is 0 Å². The lowest BCUT2D eigenvalue weighted by molar-refractivity contribution is -0.124. The number of carbonyl (C=O) groups is 3. The molecule has 6 aliphatic heterocycles. The number of hydrogen-bond donors (Lipinski definition) is 7. The van der Waals surface area contributed by atoms with Crippen molar-refractivity contribution < 1.29 is 52.2 Å². The van der Waals surface area contributed by atoms with Crippen LogP contribution in [0.4, 0.5) is 38.5 Å². The Labute approximate surface area is 468 Å². The first-order chi connectivity index (χ1) is 37.4. The van der Waals surface area contributed by atoms with Crippen LogP contribution in [0.25, 0.3) is 0 Å². The molecule has 0 spiro atoms. The fraction of sp³-hybridized carbons (Fsp3) is 0.412. The summed E-state index contributed by atoms with van der Waals surface area (Å²) in [7, 11) is -3.74. The van der Waals surface area contributed by atoms with Gasteiger partial charge in [-0.15, -0.1) is 12.4 Å². The topological polar surface area (TPSA) is 321 Å². The van der Waals surface area contributed by atoms with Crippen LogP contribution in [-0.4, -0.2) is 127 Å². The third-order valence-electron chi connectivity index (χ3n) is 12.2. The van der Waals surface area contributed by atoms with Gasteiger partial charge in [-0.25, -0.2) is 38.9 Å². The van der Waals surface area contributed by atoms with Crippen molar-refractivity contribution in [1.82, 2.24) is 19.9 Å². The SMILES string of the molecule is Cl.NC1CCOCC1.NO.O=C1CCOCC1.O=C1Nc2nc(NC3CCOCC3)ncc2CN1c1ccccc1Cl.O=C1Nc2nc(S(=O)(=O)Cc3ccccc3)ncc2CN1c1ccccc1Cl.ON=C1CCOCC1. The number of Topliss-reactive ketones (excluding diaryl/α,β-unsaturated/α-hetero) is 1. The van der Waals surface area contributed by atoms with Crippen LogP contribution in [0.2, 0.25) is 10.0 Å². The first-order valence-corrected chi connectivity index (χ1v) is 27.2. The number of hydrogen-bond acceptors (Lipinski definition) is 19. The number of amides is 4. The highest BCUT2D eigenvalue weighted by atomic mass is 35.5. The number of anilines is 5. The third kappa shape index (κ3) is 19.3. The number of para-hydroxylation sites is 2. The minimum Gasteiger partial charge on any atom is -0.411 e. The predicted octanol–water partition coefficient (Wildman–Crippen LogP) is 7.80. The maximum atomic E-state index is 12.6. The molecule has 9 N–H and O–H groups in total. The molecule has 3 aromatic carbocycles. The average molecular weight is 1160 g/mol. The van der Waals surface area contributed by atoms with Gasteiger partial charge in [0.2, 0.25) is 20.9 Å². The standard InChI is InChI=1S/C19H15ClN4O3S.C17H18ClN5O2.C5H9NO2.C5H11NO.C5H8O2.ClH.H3NO/c20-15-8-4-5-9-16(15)24-11-14-10-21-18(22-17(14)23-19(24)25)28(26,27)12-13-6-2-1-3-7-13;18-13-3-1-2-4-14(13)23-10-11-9-19-16(21-15(11)22-17(23)24)20-12-5-7-25-8-6-12;7-6-5-1-3-8-4-2-5;2*6-5-1-3-7-4-2-5;;1-2/h1-10H,11-12H2,(H,21,22,23,25);1-4,9,12H,5-8,10H2,(H2,19,20,21,22,24);7H,1-4H2;5H,1-4,6H2;1-4H2;1H;2H,1H2. The molecule has 5 aromatic rings. The lowest BCUT2D eigenvalue weighted by Crippen LogP contribution is -2.39. The van der Waals surface area contributed by atoms with E-state index in [-0.39, 0.29) is 41.7 Å². The molecule has 0 bridgehead atoms. The van der Waals surface area contributed by atoms with Gasteiger partial charge in [-0.1, -0.05) is 83.0 Å². The highest BCUT2D eigenvalue weighted by molar-refractivity contribution is 7.90. The first kappa shape index (κ1) is 62.7. The summed E-state index contributed by atoms with van der Waals surface area (Å²) in [5, 5.41) is 27.2. The monoisotopic (exact) mass is 1160 g/mol. The van der Waals surface area contributed by atoms with Crippen molar-refractivity contribution >= 4 is 98.0 Å². The molecule has 0 atom stereocenters. The number of nitrogens with two attached hydrogens (primary N) is 2. The van der Waals surface area contributed by atoms with Crippen molar-refractivity contribution in [2.45, 2.75) is 87.4 Å². The minimum absolute atomic E-state index is 0. The Morgan fingerprint density at radius 2 is 1.12 bits per heavy atom. The van der Waals surface area contributed by atoms with Crippen LogP contribution < -0.4 is 37.4 Å². The van der Waals surface area contributed by atoms with E-state index in [9.17, 15) is 22.8 Å². The second kappa shape index (κ2) is 32.7. The van der Waals surface area contributed by atoms with Gasteiger partial charge in [-0.05, 0) is 55.5 Å². The number of oxime groups is 1. The Morgan fingerprint density at radius 3 is 1.58 bits per heavy atom. The van der Waals surface area contributed by atoms with Crippen LogP contribution in [0.5, 0.6) is 0 Å². The number of carbonyl (C=O) groups excluding carboxylic acids is 3. The largest absolute Gasteiger partial charge is 0.411 e. The minimum atomic E-state index is -3.74. The molecule has 0 unspecified atom stereocenters. The smallest absolute Gasteiger partial charge is 0.327 e. The maximum Gasteiger partial charge on any atom is 0.327 e. The molecular weight excluding hydrogens is 1100 g/mol. The van der Waals surface area contributed by atoms with E-state index in [0.717, 1.165) is 76.2 Å². The molecule has 6 aliphatic rings. The van der Waals surface area contributed by atoms with Gasteiger partial charge in [0.25, 0.3) is 0 Å². The molecule has 2 aromatic heterocycles. The van der Waals surface area contributed by atoms with Crippen molar-refractivity contribution in [3.8, 4) is 0 Å². The van der Waals surface area contributed by atoms with E-state index in [1.54, 1.807) is 65.7 Å². The molecule has 11 rings (SSSR count). The fourth-order valence-electron chi connectivity index (χ4n) is 7.92. The van der Waals surface area contributed by atoms with Crippen LogP contribution in [0.1, 0.15) is 68.1 Å². The Kier molecular flexibility index (Phi) is 26.3. The number of urea groups is 2. The summed E-state index contributed by atoms with van der Waals surface area (Å²) < 4.78 is 45.6. The van der Waals surface area contributed by atoms with E-state index in [1.165, 1.54) is 11.1 Å². The summed E-state index contributed by atoms with van der Waals surface area (Å²) in [6, 6.07) is 23.0. The van der Waals surface area contributed by atoms with E-state index in [2.05, 4.69) is 46.9 Å². The molecule has 0 saturated carbocycles. The van der Waals surface area contributed by atoms with E-state index in [4.69, 9.17) is 58.3 Å². The highest BCUT2D eigenvalue weighted by Gasteiger charge is 2.30.